The van der Waals surface area contributed by atoms with Crippen molar-refractivity contribution in [1.82, 2.24) is 15.1 Å². The summed E-state index contributed by atoms with van der Waals surface area (Å²) in [5, 5.41) is 10.5. The van der Waals surface area contributed by atoms with E-state index in [0.717, 1.165) is 25.1 Å². The van der Waals surface area contributed by atoms with Crippen LogP contribution in [0.15, 0.2) is 53.2 Å². The molecule has 2 heterocycles. The van der Waals surface area contributed by atoms with Crippen LogP contribution in [0, 0.1) is 6.92 Å². The molecule has 3 rings (SSSR count). The number of anilines is 1. The Balaban J connectivity index is 1.67. The van der Waals surface area contributed by atoms with Crippen molar-refractivity contribution in [1.29, 1.82) is 0 Å². The second-order valence-electron chi connectivity index (χ2n) is 7.00. The van der Waals surface area contributed by atoms with Gasteiger partial charge in [0.05, 0.1) is 29.8 Å². The molecule has 8 heteroatoms. The Morgan fingerprint density at radius 1 is 1.23 bits per heavy atom. The molecule has 0 radical (unpaired) electrons. The van der Waals surface area contributed by atoms with Crippen molar-refractivity contribution < 1.29 is 14.0 Å². The van der Waals surface area contributed by atoms with E-state index in [9.17, 15) is 9.59 Å². The second-order valence-corrected chi connectivity index (χ2v) is 7.35. The molecule has 3 aromatic rings. The zero-order valence-corrected chi connectivity index (χ0v) is 18.3. The summed E-state index contributed by atoms with van der Waals surface area (Å²) in [7, 11) is 0. The van der Waals surface area contributed by atoms with Crippen molar-refractivity contribution in [2.75, 3.05) is 5.32 Å². The van der Waals surface area contributed by atoms with Gasteiger partial charge >= 0.3 is 0 Å². The molecule has 0 fully saturated rings. The lowest BCUT2D eigenvalue weighted by molar-refractivity contribution is -0.111. The molecular weight excluding hydrogens is 416 g/mol. The number of furan rings is 1. The molecule has 0 atom stereocenters. The summed E-state index contributed by atoms with van der Waals surface area (Å²) in [6, 6.07) is 10.3. The van der Waals surface area contributed by atoms with Crippen LogP contribution >= 0.6 is 11.6 Å². The standard InChI is InChI=1S/C23H25ClN4O3/c1-3-4-13-28-22(24)18(16(2)27-28)11-12-21(29)26-20-10-6-5-9-19(20)23(30)25-15-17-8-7-14-31-17/h5-12,14H,3-4,13,15H2,1-2H3,(H,25,30)(H,26,29)/b12-11+. The number of benzene rings is 1. The monoisotopic (exact) mass is 440 g/mol. The van der Waals surface area contributed by atoms with Gasteiger partial charge in [-0.25, -0.2) is 0 Å². The van der Waals surface area contributed by atoms with Gasteiger partial charge in [-0.3, -0.25) is 14.3 Å². The minimum Gasteiger partial charge on any atom is -0.467 e. The molecule has 1 aromatic carbocycles. The average molecular weight is 441 g/mol. The lowest BCUT2D eigenvalue weighted by atomic mass is 10.1. The molecule has 7 nitrogen and oxygen atoms in total. The first-order chi connectivity index (χ1) is 15.0. The van der Waals surface area contributed by atoms with Gasteiger partial charge in [-0.05, 0) is 43.7 Å². The normalized spacial score (nSPS) is 11.1. The Morgan fingerprint density at radius 3 is 2.77 bits per heavy atom. The molecule has 2 N–H and O–H groups in total. The zero-order valence-electron chi connectivity index (χ0n) is 17.5. The van der Waals surface area contributed by atoms with Gasteiger partial charge < -0.3 is 15.1 Å². The summed E-state index contributed by atoms with van der Waals surface area (Å²) in [4.78, 5) is 25.0. The van der Waals surface area contributed by atoms with Crippen LogP contribution in [0.5, 0.6) is 0 Å². The van der Waals surface area contributed by atoms with Gasteiger partial charge in [0, 0.05) is 18.2 Å². The van der Waals surface area contributed by atoms with Crippen LogP contribution in [0.2, 0.25) is 5.15 Å². The van der Waals surface area contributed by atoms with Crippen LogP contribution in [-0.2, 0) is 17.9 Å². The van der Waals surface area contributed by atoms with Crippen molar-refractivity contribution in [3.05, 3.63) is 76.5 Å². The highest BCUT2D eigenvalue weighted by Crippen LogP contribution is 2.22. The van der Waals surface area contributed by atoms with Crippen LogP contribution in [0.4, 0.5) is 5.69 Å². The molecule has 2 aromatic heterocycles. The van der Waals surface area contributed by atoms with Crippen molar-refractivity contribution in [2.24, 2.45) is 0 Å². The number of carbonyl (C=O) groups excluding carboxylic acids is 2. The van der Waals surface area contributed by atoms with E-state index in [1.165, 1.54) is 6.08 Å². The fourth-order valence-corrected chi connectivity index (χ4v) is 3.33. The number of amides is 2. The second kappa shape index (κ2) is 10.6. The van der Waals surface area contributed by atoms with Gasteiger partial charge in [0.1, 0.15) is 10.9 Å². The lowest BCUT2D eigenvalue weighted by Crippen LogP contribution is -2.24. The van der Waals surface area contributed by atoms with Crippen molar-refractivity contribution >= 4 is 35.2 Å². The van der Waals surface area contributed by atoms with Gasteiger partial charge in [0.25, 0.3) is 5.91 Å². The summed E-state index contributed by atoms with van der Waals surface area (Å²) in [6.45, 7) is 4.94. The van der Waals surface area contributed by atoms with Gasteiger partial charge in [-0.1, -0.05) is 37.1 Å². The Bertz CT molecular complexity index is 1070. The lowest BCUT2D eigenvalue weighted by Gasteiger charge is -2.10. The maximum Gasteiger partial charge on any atom is 0.253 e. The quantitative estimate of drug-likeness (QED) is 0.467. The predicted molar refractivity (Wildman–Crippen MR) is 121 cm³/mol. The third kappa shape index (κ3) is 5.86. The number of aromatic nitrogens is 2. The number of para-hydroxylation sites is 1. The van der Waals surface area contributed by atoms with Gasteiger partial charge in [-0.15, -0.1) is 0 Å². The van der Waals surface area contributed by atoms with E-state index < -0.39 is 0 Å². The molecule has 0 saturated carbocycles. The number of carbonyl (C=O) groups is 2. The number of aryl methyl sites for hydroxylation is 2. The highest BCUT2D eigenvalue weighted by atomic mass is 35.5. The Kier molecular flexibility index (Phi) is 7.67. The average Bonchev–Trinajstić information content (AvgIpc) is 3.37. The van der Waals surface area contributed by atoms with E-state index in [2.05, 4.69) is 22.7 Å². The molecule has 2 amide bonds. The first kappa shape index (κ1) is 22.4. The summed E-state index contributed by atoms with van der Waals surface area (Å²) in [6.07, 6.45) is 6.59. The zero-order chi connectivity index (χ0) is 22.2. The number of hydrogen-bond acceptors (Lipinski definition) is 4. The molecule has 31 heavy (non-hydrogen) atoms. The van der Waals surface area contributed by atoms with Crippen molar-refractivity contribution in [3.63, 3.8) is 0 Å². The molecule has 0 unspecified atom stereocenters. The Labute approximate surface area is 186 Å². The van der Waals surface area contributed by atoms with E-state index in [1.807, 2.05) is 6.92 Å². The molecule has 0 saturated heterocycles. The van der Waals surface area contributed by atoms with E-state index in [4.69, 9.17) is 16.0 Å². The topological polar surface area (TPSA) is 89.2 Å². The van der Waals surface area contributed by atoms with Crippen molar-refractivity contribution in [3.8, 4) is 0 Å². The van der Waals surface area contributed by atoms with E-state index in [0.29, 0.717) is 27.7 Å². The van der Waals surface area contributed by atoms with E-state index >= 15 is 0 Å². The number of hydrogen-bond donors (Lipinski definition) is 2. The number of halogens is 1. The molecule has 0 aliphatic rings. The van der Waals surface area contributed by atoms with Crippen molar-refractivity contribution in [2.45, 2.75) is 39.8 Å². The van der Waals surface area contributed by atoms with E-state index in [1.54, 1.807) is 53.4 Å². The fraction of sp³-hybridized carbons (Fsp3) is 0.261. The van der Waals surface area contributed by atoms with Crippen LogP contribution < -0.4 is 10.6 Å². The third-order valence-electron chi connectivity index (χ3n) is 4.67. The van der Waals surface area contributed by atoms with Crippen LogP contribution in [0.1, 0.15) is 47.1 Å². The fourth-order valence-electron chi connectivity index (χ4n) is 3.01. The van der Waals surface area contributed by atoms with Gasteiger partial charge in [-0.2, -0.15) is 5.10 Å². The minimum atomic E-state index is -0.372. The summed E-state index contributed by atoms with van der Waals surface area (Å²) >= 11 is 6.41. The van der Waals surface area contributed by atoms with Gasteiger partial charge in [0.15, 0.2) is 0 Å². The molecule has 0 aliphatic carbocycles. The molecule has 162 valence electrons. The molecule has 0 spiro atoms. The summed E-state index contributed by atoms with van der Waals surface area (Å²) in [5.41, 5.74) is 2.23. The highest BCUT2D eigenvalue weighted by Gasteiger charge is 2.14. The Morgan fingerprint density at radius 2 is 2.03 bits per heavy atom. The SMILES string of the molecule is CCCCn1nc(C)c(/C=C/C(=O)Nc2ccccc2C(=O)NCc2ccco2)c1Cl. The van der Waals surface area contributed by atoms with E-state index in [-0.39, 0.29) is 18.4 Å². The summed E-state index contributed by atoms with van der Waals surface area (Å²) in [5.74, 6) is -0.0417. The molecular formula is C23H25ClN4O3. The van der Waals surface area contributed by atoms with Crippen LogP contribution in [0.25, 0.3) is 6.08 Å². The number of nitrogens with zero attached hydrogens (tertiary/aromatic N) is 2. The minimum absolute atomic E-state index is 0.258. The maximum atomic E-state index is 12.5. The first-order valence-electron chi connectivity index (χ1n) is 10.1. The highest BCUT2D eigenvalue weighted by molar-refractivity contribution is 6.31. The Hall–Kier alpha value is -3.32. The third-order valence-corrected chi connectivity index (χ3v) is 5.07. The largest absolute Gasteiger partial charge is 0.467 e. The maximum absolute atomic E-state index is 12.5. The molecule has 0 aliphatic heterocycles. The molecule has 0 bridgehead atoms. The first-order valence-corrected chi connectivity index (χ1v) is 10.5. The predicted octanol–water partition coefficient (Wildman–Crippen LogP) is 4.82. The number of unbranched alkanes of at least 4 members (excludes halogenated alkanes) is 1. The van der Waals surface area contributed by atoms with Gasteiger partial charge in [0.2, 0.25) is 5.91 Å². The number of rotatable bonds is 9. The van der Waals surface area contributed by atoms with Crippen LogP contribution in [0.3, 0.4) is 0 Å². The van der Waals surface area contributed by atoms with Crippen LogP contribution in [-0.4, -0.2) is 21.6 Å². The smallest absolute Gasteiger partial charge is 0.253 e. The summed E-state index contributed by atoms with van der Waals surface area (Å²) < 4.78 is 6.97. The number of nitrogens with one attached hydrogen (secondary N) is 2.